The van der Waals surface area contributed by atoms with Crippen molar-refractivity contribution in [1.29, 1.82) is 0 Å². The van der Waals surface area contributed by atoms with E-state index in [1.807, 2.05) is 6.92 Å². The summed E-state index contributed by atoms with van der Waals surface area (Å²) in [6.45, 7) is 1.84. The van der Waals surface area contributed by atoms with E-state index in [0.29, 0.717) is 12.3 Å². The molecular formula is C11H14ClNO3. The molecule has 1 aromatic carbocycles. The first kappa shape index (κ1) is 12.6. The highest BCUT2D eigenvalue weighted by molar-refractivity contribution is 6.17. The summed E-state index contributed by atoms with van der Waals surface area (Å²) in [7, 11) is 0. The molecule has 0 heterocycles. The Bertz CT molecular complexity index is 361. The molecule has 4 nitrogen and oxygen atoms in total. The molecule has 1 aromatic rings. The zero-order valence-corrected chi connectivity index (χ0v) is 9.66. The Kier molecular flexibility index (Phi) is 4.43. The highest BCUT2D eigenvalue weighted by Gasteiger charge is 2.11. The maximum Gasteiger partial charge on any atom is 0.251 e. The average molecular weight is 244 g/mol. The number of amides is 1. The van der Waals surface area contributed by atoms with E-state index >= 15 is 0 Å². The number of nitrogens with one attached hydrogen (secondary N) is 1. The third-order valence-corrected chi connectivity index (χ3v) is 2.30. The van der Waals surface area contributed by atoms with E-state index in [4.69, 9.17) is 11.6 Å². The summed E-state index contributed by atoms with van der Waals surface area (Å²) >= 11 is 5.55. The van der Waals surface area contributed by atoms with Gasteiger partial charge in [-0.25, -0.2) is 0 Å². The summed E-state index contributed by atoms with van der Waals surface area (Å²) in [5.41, 5.74) is 0.221. The Labute approximate surface area is 98.9 Å². The van der Waals surface area contributed by atoms with Crippen LogP contribution in [0.3, 0.4) is 0 Å². The molecule has 0 aliphatic heterocycles. The minimum Gasteiger partial charge on any atom is -0.508 e. The first-order chi connectivity index (χ1) is 7.52. The van der Waals surface area contributed by atoms with Crippen molar-refractivity contribution >= 4 is 17.5 Å². The lowest BCUT2D eigenvalue weighted by molar-refractivity contribution is 0.0938. The minimum atomic E-state index is -0.344. The molecule has 0 spiro atoms. The van der Waals surface area contributed by atoms with Gasteiger partial charge in [0, 0.05) is 23.6 Å². The van der Waals surface area contributed by atoms with Crippen molar-refractivity contribution in [3.63, 3.8) is 0 Å². The first-order valence-corrected chi connectivity index (χ1v) is 5.46. The van der Waals surface area contributed by atoms with Crippen LogP contribution in [0.1, 0.15) is 23.7 Å². The van der Waals surface area contributed by atoms with E-state index < -0.39 is 0 Å². The highest BCUT2D eigenvalue weighted by atomic mass is 35.5. The van der Waals surface area contributed by atoms with Crippen LogP contribution in [0.25, 0.3) is 0 Å². The summed E-state index contributed by atoms with van der Waals surface area (Å²) in [6.07, 6.45) is 0.665. The topological polar surface area (TPSA) is 69.6 Å². The molecule has 0 aliphatic carbocycles. The number of benzene rings is 1. The van der Waals surface area contributed by atoms with E-state index in [1.54, 1.807) is 0 Å². The molecule has 1 atom stereocenters. The monoisotopic (exact) mass is 243 g/mol. The molecule has 1 rings (SSSR count). The van der Waals surface area contributed by atoms with Crippen molar-refractivity contribution in [3.8, 4) is 11.5 Å². The largest absolute Gasteiger partial charge is 0.508 e. The molecule has 0 saturated heterocycles. The molecule has 5 heteroatoms. The number of carbonyl (C=O) groups excluding carboxylic acids is 1. The number of alkyl halides is 1. The van der Waals surface area contributed by atoms with Crippen LogP contribution in [-0.2, 0) is 0 Å². The third-order valence-electron chi connectivity index (χ3n) is 2.08. The smallest absolute Gasteiger partial charge is 0.251 e. The molecule has 0 saturated carbocycles. The number of hydrogen-bond acceptors (Lipinski definition) is 3. The van der Waals surface area contributed by atoms with Crippen molar-refractivity contribution in [2.24, 2.45) is 0 Å². The average Bonchev–Trinajstić information content (AvgIpc) is 2.16. The second-order valence-corrected chi connectivity index (χ2v) is 3.97. The Morgan fingerprint density at radius 1 is 1.38 bits per heavy atom. The van der Waals surface area contributed by atoms with Gasteiger partial charge in [0.25, 0.3) is 5.91 Å². The van der Waals surface area contributed by atoms with Crippen molar-refractivity contribution < 1.29 is 15.0 Å². The molecule has 16 heavy (non-hydrogen) atoms. The SMILES string of the molecule is CC(CCCl)NC(=O)c1cc(O)cc(O)c1. The van der Waals surface area contributed by atoms with Crippen LogP contribution in [0.4, 0.5) is 0 Å². The Balaban J connectivity index is 2.72. The van der Waals surface area contributed by atoms with Gasteiger partial charge in [0.15, 0.2) is 0 Å². The molecule has 0 radical (unpaired) electrons. The maximum atomic E-state index is 11.7. The number of phenols is 2. The summed E-state index contributed by atoms with van der Waals surface area (Å²) in [5.74, 6) is -0.165. The van der Waals surface area contributed by atoms with Crippen LogP contribution in [-0.4, -0.2) is 28.0 Å². The van der Waals surface area contributed by atoms with Crippen molar-refractivity contribution in [2.75, 3.05) is 5.88 Å². The maximum absolute atomic E-state index is 11.7. The summed E-state index contributed by atoms with van der Waals surface area (Å²) in [6, 6.07) is 3.71. The molecule has 88 valence electrons. The van der Waals surface area contributed by atoms with Gasteiger partial charge in [-0.05, 0) is 25.5 Å². The van der Waals surface area contributed by atoms with Crippen molar-refractivity contribution in [1.82, 2.24) is 5.32 Å². The van der Waals surface area contributed by atoms with Crippen LogP contribution >= 0.6 is 11.6 Å². The van der Waals surface area contributed by atoms with E-state index in [1.165, 1.54) is 18.2 Å². The van der Waals surface area contributed by atoms with E-state index in [9.17, 15) is 15.0 Å². The fraction of sp³-hybridized carbons (Fsp3) is 0.364. The van der Waals surface area contributed by atoms with Crippen LogP contribution in [0.15, 0.2) is 18.2 Å². The fourth-order valence-corrected chi connectivity index (χ4v) is 1.60. The fourth-order valence-electron chi connectivity index (χ4n) is 1.27. The zero-order chi connectivity index (χ0) is 12.1. The molecule has 3 N–H and O–H groups in total. The molecular weight excluding hydrogens is 230 g/mol. The van der Waals surface area contributed by atoms with Gasteiger partial charge in [0.05, 0.1) is 0 Å². The Hall–Kier alpha value is -1.42. The summed E-state index contributed by atoms with van der Waals surface area (Å²) in [5, 5.41) is 21.1. The van der Waals surface area contributed by atoms with Crippen molar-refractivity contribution in [3.05, 3.63) is 23.8 Å². The second kappa shape index (κ2) is 5.61. The van der Waals surface area contributed by atoms with Crippen LogP contribution in [0, 0.1) is 0 Å². The normalized spacial score (nSPS) is 12.1. The number of carbonyl (C=O) groups is 1. The molecule has 0 aliphatic rings. The van der Waals surface area contributed by atoms with Gasteiger partial charge in [-0.3, -0.25) is 4.79 Å². The quantitative estimate of drug-likeness (QED) is 0.707. The number of hydrogen-bond donors (Lipinski definition) is 3. The van der Waals surface area contributed by atoms with Crippen LogP contribution < -0.4 is 5.32 Å². The van der Waals surface area contributed by atoms with Gasteiger partial charge in [-0.1, -0.05) is 0 Å². The Morgan fingerprint density at radius 3 is 2.44 bits per heavy atom. The predicted octanol–water partition coefficient (Wildman–Crippen LogP) is 1.85. The predicted molar refractivity (Wildman–Crippen MR) is 62.0 cm³/mol. The number of phenolic OH excluding ortho intramolecular Hbond substituents is 2. The van der Waals surface area contributed by atoms with Crippen LogP contribution in [0.5, 0.6) is 11.5 Å². The number of aromatic hydroxyl groups is 2. The first-order valence-electron chi connectivity index (χ1n) is 4.92. The third kappa shape index (κ3) is 3.62. The molecule has 1 unspecified atom stereocenters. The van der Waals surface area contributed by atoms with Gasteiger partial charge in [0.1, 0.15) is 11.5 Å². The highest BCUT2D eigenvalue weighted by Crippen LogP contribution is 2.20. The van der Waals surface area contributed by atoms with Gasteiger partial charge in [-0.2, -0.15) is 0 Å². The lowest BCUT2D eigenvalue weighted by Crippen LogP contribution is -2.32. The van der Waals surface area contributed by atoms with E-state index in [0.717, 1.165) is 0 Å². The van der Waals surface area contributed by atoms with E-state index in [-0.39, 0.29) is 29.0 Å². The minimum absolute atomic E-state index is 0.0468. The van der Waals surface area contributed by atoms with E-state index in [2.05, 4.69) is 5.32 Å². The second-order valence-electron chi connectivity index (χ2n) is 3.59. The van der Waals surface area contributed by atoms with Crippen molar-refractivity contribution in [2.45, 2.75) is 19.4 Å². The molecule has 0 aromatic heterocycles. The van der Waals surface area contributed by atoms with Gasteiger partial charge in [-0.15, -0.1) is 11.6 Å². The zero-order valence-electron chi connectivity index (χ0n) is 8.90. The van der Waals surface area contributed by atoms with Gasteiger partial charge >= 0.3 is 0 Å². The standard InChI is InChI=1S/C11H14ClNO3/c1-7(2-3-12)13-11(16)8-4-9(14)6-10(15)5-8/h4-7,14-15H,2-3H2,1H3,(H,13,16). The number of halogens is 1. The molecule has 0 fully saturated rings. The number of rotatable bonds is 4. The lowest BCUT2D eigenvalue weighted by Gasteiger charge is -2.12. The molecule has 1 amide bonds. The summed E-state index contributed by atoms with van der Waals surface area (Å²) in [4.78, 5) is 11.7. The lowest BCUT2D eigenvalue weighted by atomic mass is 10.1. The molecule has 0 bridgehead atoms. The van der Waals surface area contributed by atoms with Gasteiger partial charge < -0.3 is 15.5 Å². The summed E-state index contributed by atoms with van der Waals surface area (Å²) < 4.78 is 0. The van der Waals surface area contributed by atoms with Crippen LogP contribution in [0.2, 0.25) is 0 Å². The Morgan fingerprint density at radius 2 is 1.94 bits per heavy atom. The van der Waals surface area contributed by atoms with Gasteiger partial charge in [0.2, 0.25) is 0 Å².